The molecular formula is C18H19FN4O4S2. The number of halogens is 1. The number of nitrogens with zero attached hydrogens (tertiary/aromatic N) is 2. The van der Waals surface area contributed by atoms with Gasteiger partial charge in [-0.3, -0.25) is 5.32 Å². The first-order valence-electron chi connectivity index (χ1n) is 8.57. The van der Waals surface area contributed by atoms with Gasteiger partial charge >= 0.3 is 6.03 Å². The Morgan fingerprint density at radius 2 is 2.03 bits per heavy atom. The number of aromatic nitrogens is 2. The van der Waals surface area contributed by atoms with Crippen LogP contribution in [0.2, 0.25) is 0 Å². The molecule has 2 heterocycles. The lowest BCUT2D eigenvalue weighted by Gasteiger charge is -2.04. The number of amides is 2. The molecule has 11 heteroatoms. The maximum Gasteiger partial charge on any atom is 0.321 e. The van der Waals surface area contributed by atoms with Gasteiger partial charge in [-0.05, 0) is 31.5 Å². The first kappa shape index (κ1) is 20.9. The number of carbonyl (C=O) groups is 1. The van der Waals surface area contributed by atoms with Crippen LogP contribution in [0.15, 0.2) is 33.8 Å². The van der Waals surface area contributed by atoms with Crippen LogP contribution in [0.1, 0.15) is 17.3 Å². The molecule has 0 fully saturated rings. The lowest BCUT2D eigenvalue weighted by Crippen LogP contribution is -2.30. The van der Waals surface area contributed by atoms with E-state index in [0.717, 1.165) is 18.0 Å². The van der Waals surface area contributed by atoms with Crippen molar-refractivity contribution in [3.63, 3.8) is 0 Å². The van der Waals surface area contributed by atoms with E-state index in [4.69, 9.17) is 4.42 Å². The van der Waals surface area contributed by atoms with Gasteiger partial charge in [0.25, 0.3) is 0 Å². The first-order chi connectivity index (χ1) is 13.6. The predicted octanol–water partition coefficient (Wildman–Crippen LogP) is 3.32. The Morgan fingerprint density at radius 1 is 1.28 bits per heavy atom. The van der Waals surface area contributed by atoms with E-state index in [-0.39, 0.29) is 4.90 Å². The molecule has 0 radical (unpaired) electrons. The molecule has 0 unspecified atom stereocenters. The van der Waals surface area contributed by atoms with Crippen LogP contribution >= 0.6 is 11.3 Å². The Labute approximate surface area is 171 Å². The van der Waals surface area contributed by atoms with Crippen molar-refractivity contribution in [2.45, 2.75) is 25.2 Å². The van der Waals surface area contributed by atoms with Crippen molar-refractivity contribution in [1.82, 2.24) is 15.3 Å². The van der Waals surface area contributed by atoms with Gasteiger partial charge in [-0.15, -0.1) is 0 Å². The molecule has 1 aromatic carbocycles. The highest BCUT2D eigenvalue weighted by molar-refractivity contribution is 7.90. The lowest BCUT2D eigenvalue weighted by molar-refractivity contribution is 0.252. The molecule has 8 nitrogen and oxygen atoms in total. The van der Waals surface area contributed by atoms with Crippen molar-refractivity contribution < 1.29 is 22.0 Å². The summed E-state index contributed by atoms with van der Waals surface area (Å²) in [6.45, 7) is 3.87. The smallest absolute Gasteiger partial charge is 0.321 e. The number of hydrogen-bond acceptors (Lipinski definition) is 7. The number of sulfone groups is 1. The van der Waals surface area contributed by atoms with Crippen LogP contribution in [0.5, 0.6) is 0 Å². The number of hydrogen-bond donors (Lipinski definition) is 2. The van der Waals surface area contributed by atoms with E-state index in [9.17, 15) is 17.6 Å². The summed E-state index contributed by atoms with van der Waals surface area (Å²) in [5.74, 6) is -0.290. The molecule has 0 aliphatic carbocycles. The highest BCUT2D eigenvalue weighted by Crippen LogP contribution is 2.34. The molecule has 0 saturated carbocycles. The minimum atomic E-state index is -3.64. The zero-order chi connectivity index (χ0) is 21.2. The maximum absolute atomic E-state index is 14.2. The van der Waals surface area contributed by atoms with Gasteiger partial charge < -0.3 is 9.73 Å². The van der Waals surface area contributed by atoms with Gasteiger partial charge in [-0.2, -0.15) is 0 Å². The molecule has 2 amide bonds. The van der Waals surface area contributed by atoms with Gasteiger partial charge in [0.2, 0.25) is 0 Å². The Balaban J connectivity index is 1.65. The summed E-state index contributed by atoms with van der Waals surface area (Å²) in [6, 6.07) is 3.46. The quantitative estimate of drug-likeness (QED) is 0.610. The Bertz CT molecular complexity index is 1150. The SMILES string of the molecule is Cc1coc(CCNC(=O)Nc2nc(C)c(-c3ccc(S(C)(=O)=O)c(F)c3)s2)n1. The molecule has 3 aromatic rings. The van der Waals surface area contributed by atoms with Crippen LogP contribution in [0, 0.1) is 19.7 Å². The zero-order valence-electron chi connectivity index (χ0n) is 15.9. The highest BCUT2D eigenvalue weighted by Gasteiger charge is 2.17. The van der Waals surface area contributed by atoms with Crippen LogP contribution in [0.4, 0.5) is 14.3 Å². The molecule has 0 saturated heterocycles. The van der Waals surface area contributed by atoms with Gasteiger partial charge in [0, 0.05) is 19.2 Å². The summed E-state index contributed by atoms with van der Waals surface area (Å²) in [4.78, 5) is 20.7. The monoisotopic (exact) mass is 438 g/mol. The van der Waals surface area contributed by atoms with Crippen molar-refractivity contribution in [2.75, 3.05) is 18.1 Å². The minimum absolute atomic E-state index is 0.334. The second-order valence-electron chi connectivity index (χ2n) is 6.36. The summed E-state index contributed by atoms with van der Waals surface area (Å²) >= 11 is 1.17. The first-order valence-corrected chi connectivity index (χ1v) is 11.3. The van der Waals surface area contributed by atoms with E-state index >= 15 is 0 Å². The summed E-state index contributed by atoms with van der Waals surface area (Å²) in [5, 5.41) is 5.65. The molecule has 154 valence electrons. The number of carbonyl (C=O) groups excluding carboxylic acids is 1. The summed E-state index contributed by atoms with van der Waals surface area (Å²) < 4.78 is 42.5. The number of nitrogens with one attached hydrogen (secondary N) is 2. The van der Waals surface area contributed by atoms with Crippen molar-refractivity contribution in [1.29, 1.82) is 0 Å². The van der Waals surface area contributed by atoms with Gasteiger partial charge in [-0.25, -0.2) is 27.6 Å². The summed E-state index contributed by atoms with van der Waals surface area (Å²) in [5.41, 5.74) is 1.85. The Morgan fingerprint density at radius 3 is 2.66 bits per heavy atom. The Hall–Kier alpha value is -2.79. The van der Waals surface area contributed by atoms with Gasteiger partial charge in [0.1, 0.15) is 17.0 Å². The van der Waals surface area contributed by atoms with E-state index in [1.54, 1.807) is 13.2 Å². The van der Waals surface area contributed by atoms with Gasteiger partial charge in [0.15, 0.2) is 20.9 Å². The number of anilines is 1. The fraction of sp³-hybridized carbons (Fsp3) is 0.278. The standard InChI is InChI=1S/C18H19FN4O4S2/c1-10-9-27-15(21-10)6-7-20-17(24)23-18-22-11(2)16(28-18)12-4-5-14(13(19)8-12)29(3,25)26/h4-5,8-9H,6-7H2,1-3H3,(H2,20,22,23,24). The second-order valence-corrected chi connectivity index (χ2v) is 9.35. The van der Waals surface area contributed by atoms with Crippen LogP contribution in [-0.2, 0) is 16.3 Å². The van der Waals surface area contributed by atoms with Crippen molar-refractivity contribution >= 4 is 32.3 Å². The topological polar surface area (TPSA) is 114 Å². The Kier molecular flexibility index (Phi) is 5.99. The second kappa shape index (κ2) is 8.29. The molecular weight excluding hydrogens is 419 g/mol. The number of aryl methyl sites for hydroxylation is 2. The molecule has 2 aromatic heterocycles. The average Bonchev–Trinajstić information content (AvgIpc) is 3.19. The minimum Gasteiger partial charge on any atom is -0.449 e. The van der Waals surface area contributed by atoms with Gasteiger partial charge in [-0.1, -0.05) is 17.4 Å². The fourth-order valence-corrected chi connectivity index (χ4v) is 4.29. The normalized spacial score (nSPS) is 11.4. The van der Waals surface area contributed by atoms with Crippen LogP contribution in [-0.4, -0.2) is 37.2 Å². The molecule has 29 heavy (non-hydrogen) atoms. The van der Waals surface area contributed by atoms with Crippen LogP contribution in [0.3, 0.4) is 0 Å². The van der Waals surface area contributed by atoms with Crippen molar-refractivity contribution in [3.8, 4) is 10.4 Å². The predicted molar refractivity (Wildman–Crippen MR) is 107 cm³/mol. The van der Waals surface area contributed by atoms with Gasteiger partial charge in [0.05, 0.1) is 16.3 Å². The number of urea groups is 1. The van der Waals surface area contributed by atoms with Crippen molar-refractivity contribution in [3.05, 3.63) is 47.6 Å². The number of thiazole rings is 1. The molecule has 3 rings (SSSR count). The maximum atomic E-state index is 14.2. The number of rotatable bonds is 6. The summed E-state index contributed by atoms with van der Waals surface area (Å²) in [6.07, 6.45) is 2.95. The number of oxazole rings is 1. The highest BCUT2D eigenvalue weighted by atomic mass is 32.2. The fourth-order valence-electron chi connectivity index (χ4n) is 2.60. The number of benzene rings is 1. The molecule has 0 aliphatic rings. The van der Waals surface area contributed by atoms with E-state index in [1.165, 1.54) is 23.5 Å². The molecule has 0 bridgehead atoms. The summed E-state index contributed by atoms with van der Waals surface area (Å²) in [7, 11) is -3.64. The van der Waals surface area contributed by atoms with Crippen molar-refractivity contribution in [2.24, 2.45) is 0 Å². The molecule has 0 spiro atoms. The lowest BCUT2D eigenvalue weighted by atomic mass is 10.1. The third-order valence-electron chi connectivity index (χ3n) is 3.90. The van der Waals surface area contributed by atoms with E-state index in [0.29, 0.717) is 40.1 Å². The third-order valence-corrected chi connectivity index (χ3v) is 6.15. The van der Waals surface area contributed by atoms with E-state index in [1.807, 2.05) is 6.92 Å². The van der Waals surface area contributed by atoms with E-state index < -0.39 is 21.7 Å². The molecule has 0 aliphatic heterocycles. The van der Waals surface area contributed by atoms with Crippen LogP contribution < -0.4 is 10.6 Å². The zero-order valence-corrected chi connectivity index (χ0v) is 17.6. The molecule has 2 N–H and O–H groups in total. The van der Waals surface area contributed by atoms with E-state index in [2.05, 4.69) is 20.6 Å². The average molecular weight is 439 g/mol. The molecule has 0 atom stereocenters. The van der Waals surface area contributed by atoms with Crippen LogP contribution in [0.25, 0.3) is 10.4 Å². The third kappa shape index (κ3) is 5.18. The largest absolute Gasteiger partial charge is 0.449 e.